The smallest absolute Gasteiger partial charge is 0.257 e. The quantitative estimate of drug-likeness (QED) is 0.370. The number of oxazole rings is 1. The molecule has 0 saturated carbocycles. The van der Waals surface area contributed by atoms with Gasteiger partial charge in [-0.3, -0.25) is 0 Å². The molecule has 2 aromatic carbocycles. The molecule has 9 nitrogen and oxygen atoms in total. The highest BCUT2D eigenvalue weighted by Crippen LogP contribution is 2.29. The number of halogens is 1. The molecule has 0 N–H and O–H groups in total. The van der Waals surface area contributed by atoms with Crippen molar-refractivity contribution in [3.63, 3.8) is 0 Å². The van der Waals surface area contributed by atoms with E-state index in [4.69, 9.17) is 25.3 Å². The molecule has 1 aliphatic rings. The highest BCUT2D eigenvalue weighted by Gasteiger charge is 2.27. The molecule has 0 spiro atoms. The van der Waals surface area contributed by atoms with E-state index in [1.165, 1.54) is 28.2 Å². The number of hydrogen-bond donors (Lipinski definition) is 0. The van der Waals surface area contributed by atoms with Crippen molar-refractivity contribution in [2.24, 2.45) is 0 Å². The number of rotatable bonds is 6. The lowest BCUT2D eigenvalue weighted by atomic mass is 10.2. The number of fused-ring (bicyclic) bond motifs is 1. The highest BCUT2D eigenvalue weighted by atomic mass is 35.5. The van der Waals surface area contributed by atoms with E-state index in [9.17, 15) is 8.42 Å². The molecular weight excluding hydrogens is 476 g/mol. The van der Waals surface area contributed by atoms with Crippen LogP contribution in [0.1, 0.15) is 5.89 Å². The zero-order valence-corrected chi connectivity index (χ0v) is 19.0. The number of hydrogen-bond acceptors (Lipinski definition) is 9. The van der Waals surface area contributed by atoms with Crippen molar-refractivity contribution in [3.8, 4) is 11.4 Å². The summed E-state index contributed by atoms with van der Waals surface area (Å²) >= 11 is 7.18. The van der Waals surface area contributed by atoms with Crippen molar-refractivity contribution < 1.29 is 22.1 Å². The molecule has 1 fully saturated rings. The summed E-state index contributed by atoms with van der Waals surface area (Å²) in [4.78, 5) is 8.96. The molecule has 0 atom stereocenters. The van der Waals surface area contributed by atoms with Crippen LogP contribution in [-0.4, -0.2) is 54.2 Å². The Morgan fingerprint density at radius 3 is 2.62 bits per heavy atom. The first kappa shape index (κ1) is 21.4. The van der Waals surface area contributed by atoms with Crippen molar-refractivity contribution >= 4 is 44.5 Å². The molecule has 32 heavy (non-hydrogen) atoms. The molecule has 4 aromatic rings. The molecule has 1 aliphatic heterocycles. The van der Waals surface area contributed by atoms with Gasteiger partial charge >= 0.3 is 0 Å². The minimum absolute atomic E-state index is 0.182. The highest BCUT2D eigenvalue weighted by molar-refractivity contribution is 7.98. The van der Waals surface area contributed by atoms with Crippen LogP contribution in [0.4, 0.5) is 0 Å². The maximum absolute atomic E-state index is 12.9. The molecular formula is C20H17ClN4O5S2. The third-order valence-corrected chi connectivity index (χ3v) is 7.80. The average Bonchev–Trinajstić information content (AvgIpc) is 3.45. The van der Waals surface area contributed by atoms with Gasteiger partial charge in [0.15, 0.2) is 5.58 Å². The molecule has 0 bridgehead atoms. The fourth-order valence-electron chi connectivity index (χ4n) is 3.20. The van der Waals surface area contributed by atoms with Gasteiger partial charge < -0.3 is 13.7 Å². The van der Waals surface area contributed by atoms with Crippen LogP contribution in [0.15, 0.2) is 61.5 Å². The summed E-state index contributed by atoms with van der Waals surface area (Å²) in [6.07, 6.45) is 0. The number of sulfonamides is 1. The number of thioether (sulfide) groups is 1. The van der Waals surface area contributed by atoms with E-state index in [2.05, 4.69) is 15.1 Å². The Kier molecular flexibility index (Phi) is 5.91. The number of aromatic nitrogens is 3. The van der Waals surface area contributed by atoms with Gasteiger partial charge in [-0.15, -0.1) is 0 Å². The van der Waals surface area contributed by atoms with Gasteiger partial charge in [-0.1, -0.05) is 28.5 Å². The first-order valence-corrected chi connectivity index (χ1v) is 12.5. The second kappa shape index (κ2) is 8.83. The number of nitrogens with zero attached hydrogens (tertiary/aromatic N) is 4. The van der Waals surface area contributed by atoms with Crippen molar-refractivity contribution in [1.82, 2.24) is 19.4 Å². The molecule has 12 heteroatoms. The first-order valence-electron chi connectivity index (χ1n) is 9.69. The summed E-state index contributed by atoms with van der Waals surface area (Å²) in [5, 5.41) is 4.99. The minimum atomic E-state index is -3.60. The summed E-state index contributed by atoms with van der Waals surface area (Å²) in [5.41, 5.74) is 1.76. The number of ether oxygens (including phenoxy) is 1. The second-order valence-electron chi connectivity index (χ2n) is 6.93. The van der Waals surface area contributed by atoms with Gasteiger partial charge in [-0.25, -0.2) is 13.4 Å². The lowest BCUT2D eigenvalue weighted by molar-refractivity contribution is 0.0730. The molecule has 3 heterocycles. The standard InChI is InChI=1S/C20H17ClN4O5S2/c21-14-3-1-13(2-4-14)19-23-18(30-24-19)12-31-20-22-16-11-15(5-6-17(16)29-20)32(26,27)25-7-9-28-10-8-25/h1-6,11H,7-10,12H2. The summed E-state index contributed by atoms with van der Waals surface area (Å²) < 4.78 is 43.4. The van der Waals surface area contributed by atoms with E-state index in [0.717, 1.165) is 5.56 Å². The van der Waals surface area contributed by atoms with E-state index in [-0.39, 0.29) is 4.90 Å². The Labute approximate surface area is 192 Å². The van der Waals surface area contributed by atoms with Crippen LogP contribution in [-0.2, 0) is 20.5 Å². The van der Waals surface area contributed by atoms with Crippen molar-refractivity contribution in [3.05, 3.63) is 53.4 Å². The van der Waals surface area contributed by atoms with E-state index in [1.54, 1.807) is 18.2 Å². The fraction of sp³-hybridized carbons (Fsp3) is 0.250. The number of benzene rings is 2. The Morgan fingerprint density at radius 1 is 1.06 bits per heavy atom. The summed E-state index contributed by atoms with van der Waals surface area (Å²) in [6.45, 7) is 1.45. The van der Waals surface area contributed by atoms with Crippen LogP contribution in [0.25, 0.3) is 22.5 Å². The summed E-state index contributed by atoms with van der Waals surface area (Å²) in [6, 6.07) is 11.8. The largest absolute Gasteiger partial charge is 0.431 e. The first-order chi connectivity index (χ1) is 15.5. The lowest BCUT2D eigenvalue weighted by Crippen LogP contribution is -2.40. The van der Waals surface area contributed by atoms with Gasteiger partial charge in [0.05, 0.1) is 23.9 Å². The van der Waals surface area contributed by atoms with Gasteiger partial charge in [-0.2, -0.15) is 9.29 Å². The Morgan fingerprint density at radius 2 is 1.84 bits per heavy atom. The maximum atomic E-state index is 12.9. The van der Waals surface area contributed by atoms with Gasteiger partial charge in [0.1, 0.15) is 5.52 Å². The summed E-state index contributed by atoms with van der Waals surface area (Å²) in [7, 11) is -3.60. The van der Waals surface area contributed by atoms with Crippen molar-refractivity contribution in [2.75, 3.05) is 26.3 Å². The number of morpholine rings is 1. The summed E-state index contributed by atoms with van der Waals surface area (Å²) in [5.74, 6) is 1.23. The molecule has 1 saturated heterocycles. The topological polar surface area (TPSA) is 112 Å². The van der Waals surface area contributed by atoms with Gasteiger partial charge in [0.2, 0.25) is 21.7 Å². The molecule has 0 radical (unpaired) electrons. The predicted molar refractivity (Wildman–Crippen MR) is 118 cm³/mol. The molecule has 0 unspecified atom stereocenters. The zero-order chi connectivity index (χ0) is 22.1. The molecule has 166 valence electrons. The van der Waals surface area contributed by atoms with Crippen LogP contribution in [0.3, 0.4) is 0 Å². The minimum Gasteiger partial charge on any atom is -0.431 e. The lowest BCUT2D eigenvalue weighted by Gasteiger charge is -2.25. The van der Waals surface area contributed by atoms with Gasteiger partial charge in [-0.05, 0) is 42.5 Å². The van der Waals surface area contributed by atoms with Crippen LogP contribution < -0.4 is 0 Å². The average molecular weight is 493 g/mol. The van der Waals surface area contributed by atoms with Crippen LogP contribution >= 0.6 is 23.4 Å². The van der Waals surface area contributed by atoms with E-state index in [0.29, 0.717) is 65.1 Å². The predicted octanol–water partition coefficient (Wildman–Crippen LogP) is 3.84. The van der Waals surface area contributed by atoms with Crippen LogP contribution in [0, 0.1) is 0 Å². The third-order valence-electron chi connectivity index (χ3n) is 4.84. The van der Waals surface area contributed by atoms with E-state index < -0.39 is 10.0 Å². The Bertz CT molecular complexity index is 1350. The fourth-order valence-corrected chi connectivity index (χ4v) is 5.43. The molecule has 0 aliphatic carbocycles. The van der Waals surface area contributed by atoms with Crippen LogP contribution in [0.5, 0.6) is 0 Å². The Hall–Kier alpha value is -2.44. The van der Waals surface area contributed by atoms with Crippen molar-refractivity contribution in [1.29, 1.82) is 0 Å². The zero-order valence-electron chi connectivity index (χ0n) is 16.6. The second-order valence-corrected chi connectivity index (χ2v) is 10.2. The van der Waals surface area contributed by atoms with Gasteiger partial charge in [0.25, 0.3) is 5.22 Å². The van der Waals surface area contributed by atoms with Crippen molar-refractivity contribution in [2.45, 2.75) is 15.9 Å². The van der Waals surface area contributed by atoms with E-state index in [1.807, 2.05) is 12.1 Å². The monoisotopic (exact) mass is 492 g/mol. The SMILES string of the molecule is O=S(=O)(c1ccc2oc(SCc3nc(-c4ccc(Cl)cc4)no3)nc2c1)N1CCOCC1. The molecule has 5 rings (SSSR count). The molecule has 2 aromatic heterocycles. The van der Waals surface area contributed by atoms with Gasteiger partial charge in [0, 0.05) is 23.7 Å². The maximum Gasteiger partial charge on any atom is 0.257 e. The molecule has 0 amide bonds. The normalized spacial score (nSPS) is 15.4. The third kappa shape index (κ3) is 4.39. The van der Waals surface area contributed by atoms with Crippen LogP contribution in [0.2, 0.25) is 5.02 Å². The Balaban J connectivity index is 1.30. The van der Waals surface area contributed by atoms with E-state index >= 15 is 0 Å².